The van der Waals surface area contributed by atoms with Gasteiger partial charge in [0.2, 0.25) is 0 Å². The van der Waals surface area contributed by atoms with Gasteiger partial charge in [-0.2, -0.15) is 10.5 Å². The van der Waals surface area contributed by atoms with E-state index in [-0.39, 0.29) is 13.1 Å². The van der Waals surface area contributed by atoms with Gasteiger partial charge in [-0.3, -0.25) is 4.79 Å². The van der Waals surface area contributed by atoms with Crippen LogP contribution in [0.5, 0.6) is 0 Å². The summed E-state index contributed by atoms with van der Waals surface area (Å²) in [6.07, 6.45) is 4.77. The van der Waals surface area contributed by atoms with Crippen LogP contribution < -0.4 is 0 Å². The number of carbonyl (C=O) groups is 1. The van der Waals surface area contributed by atoms with E-state index in [4.69, 9.17) is 16.9 Å². The fraction of sp³-hybridized carbons (Fsp3) is 0.286. The van der Waals surface area contributed by atoms with Gasteiger partial charge in [-0.25, -0.2) is 0 Å². The van der Waals surface area contributed by atoms with Crippen LogP contribution in [0.15, 0.2) is 0 Å². The number of amides is 1. The van der Waals surface area contributed by atoms with Crippen LogP contribution in [0.4, 0.5) is 0 Å². The summed E-state index contributed by atoms with van der Waals surface area (Å²) in [5.74, 6) is 1.19. The van der Waals surface area contributed by atoms with Crippen molar-refractivity contribution >= 4 is 5.91 Å². The van der Waals surface area contributed by atoms with Crippen molar-refractivity contribution < 1.29 is 4.79 Å². The third-order valence-corrected chi connectivity index (χ3v) is 0.934. The smallest absolute Gasteiger partial charge is 0.299 e. The Kier molecular flexibility index (Phi) is 3.97. The molecule has 1 amide bonds. The van der Waals surface area contributed by atoms with Crippen molar-refractivity contribution in [3.8, 4) is 24.5 Å². The summed E-state index contributed by atoms with van der Waals surface area (Å²) in [7, 11) is 0. The number of nitriles is 2. The topological polar surface area (TPSA) is 67.9 Å². The van der Waals surface area contributed by atoms with E-state index in [9.17, 15) is 4.79 Å². The molecule has 0 aromatic heterocycles. The van der Waals surface area contributed by atoms with Gasteiger partial charge in [0.05, 0.1) is 12.1 Å². The molecule has 0 aromatic carbocycles. The number of terminal acetylenes is 1. The van der Waals surface area contributed by atoms with Crippen LogP contribution in [0.1, 0.15) is 0 Å². The molecule has 0 saturated heterocycles. The Balaban J connectivity index is 4.17. The summed E-state index contributed by atoms with van der Waals surface area (Å²) < 4.78 is 0. The first-order valence-corrected chi connectivity index (χ1v) is 2.75. The molecule has 0 aliphatic carbocycles. The molecule has 0 rings (SSSR count). The number of hydrogen-bond donors (Lipinski definition) is 0. The van der Waals surface area contributed by atoms with Gasteiger partial charge >= 0.3 is 0 Å². The zero-order chi connectivity index (χ0) is 8.69. The lowest BCUT2D eigenvalue weighted by molar-refractivity contribution is -0.123. The number of hydrogen-bond acceptors (Lipinski definition) is 3. The van der Waals surface area contributed by atoms with Crippen molar-refractivity contribution in [2.75, 3.05) is 13.1 Å². The van der Waals surface area contributed by atoms with E-state index in [0.717, 1.165) is 4.90 Å². The highest BCUT2D eigenvalue weighted by atomic mass is 16.2. The average molecular weight is 147 g/mol. The Hall–Kier alpha value is -1.99. The van der Waals surface area contributed by atoms with Crippen LogP contribution in [0.3, 0.4) is 0 Å². The molecule has 4 heteroatoms. The van der Waals surface area contributed by atoms with E-state index in [1.165, 1.54) is 0 Å². The molecule has 0 radical (unpaired) electrons. The normalized spacial score (nSPS) is 7.00. The van der Waals surface area contributed by atoms with Gasteiger partial charge < -0.3 is 4.90 Å². The highest BCUT2D eigenvalue weighted by molar-refractivity contribution is 5.93. The predicted octanol–water partition coefficient (Wildman–Crippen LogP) is -0.505. The van der Waals surface area contributed by atoms with E-state index < -0.39 is 5.91 Å². The molecule has 11 heavy (non-hydrogen) atoms. The van der Waals surface area contributed by atoms with Crippen molar-refractivity contribution in [2.45, 2.75) is 0 Å². The molecule has 0 aliphatic rings. The lowest BCUT2D eigenvalue weighted by atomic mass is 10.4. The van der Waals surface area contributed by atoms with Crippen LogP contribution in [0.2, 0.25) is 0 Å². The van der Waals surface area contributed by atoms with Gasteiger partial charge in [0.15, 0.2) is 0 Å². The number of rotatable bonds is 2. The largest absolute Gasteiger partial charge is 0.305 e. The van der Waals surface area contributed by atoms with Gasteiger partial charge in [-0.1, -0.05) is 0 Å². The van der Waals surface area contributed by atoms with Crippen LogP contribution in [0.25, 0.3) is 0 Å². The zero-order valence-electron chi connectivity index (χ0n) is 5.74. The molecule has 0 bridgehead atoms. The monoisotopic (exact) mass is 147 g/mol. The first-order chi connectivity index (χ1) is 5.26. The van der Waals surface area contributed by atoms with E-state index >= 15 is 0 Å². The van der Waals surface area contributed by atoms with Crippen molar-refractivity contribution in [3.63, 3.8) is 0 Å². The summed E-state index contributed by atoms with van der Waals surface area (Å²) in [5.41, 5.74) is 0. The highest BCUT2D eigenvalue weighted by Gasteiger charge is 2.08. The maximum Gasteiger partial charge on any atom is 0.299 e. The second-order valence-electron chi connectivity index (χ2n) is 1.62. The lowest BCUT2D eigenvalue weighted by Crippen LogP contribution is -2.30. The van der Waals surface area contributed by atoms with Gasteiger partial charge in [0, 0.05) is 0 Å². The molecule has 0 spiro atoms. The van der Waals surface area contributed by atoms with Gasteiger partial charge in [0.25, 0.3) is 5.91 Å². The second-order valence-corrected chi connectivity index (χ2v) is 1.62. The molecule has 0 aliphatic heterocycles. The Morgan fingerprint density at radius 1 is 1.36 bits per heavy atom. The zero-order valence-corrected chi connectivity index (χ0v) is 5.74. The molecule has 0 fully saturated rings. The van der Waals surface area contributed by atoms with Crippen LogP contribution in [0, 0.1) is 35.0 Å². The summed E-state index contributed by atoms with van der Waals surface area (Å²) in [6.45, 7) is -0.285. The lowest BCUT2D eigenvalue weighted by Gasteiger charge is -2.10. The van der Waals surface area contributed by atoms with E-state index in [1.807, 2.05) is 5.92 Å². The summed E-state index contributed by atoms with van der Waals surface area (Å²) in [4.78, 5) is 11.7. The SMILES string of the molecule is C#CC(=O)N(CC#N)CC#N. The molecular formula is C7H5N3O. The Morgan fingerprint density at radius 2 is 1.82 bits per heavy atom. The minimum absolute atomic E-state index is 0.142. The molecular weight excluding hydrogens is 142 g/mol. The van der Waals surface area contributed by atoms with Crippen molar-refractivity contribution in [1.82, 2.24) is 4.90 Å². The van der Waals surface area contributed by atoms with Crippen molar-refractivity contribution in [1.29, 1.82) is 10.5 Å². The first kappa shape index (κ1) is 9.01. The summed E-state index contributed by atoms with van der Waals surface area (Å²) in [6, 6.07) is 3.45. The maximum absolute atomic E-state index is 10.7. The standard InChI is InChI=1S/C7H5N3O/c1-2-7(11)10(5-3-8)6-4-9/h1H,5-6H2. The second kappa shape index (κ2) is 4.85. The van der Waals surface area contributed by atoms with Gasteiger partial charge in [-0.15, -0.1) is 6.42 Å². The quantitative estimate of drug-likeness (QED) is 0.390. The molecule has 0 unspecified atom stereocenters. The van der Waals surface area contributed by atoms with Gasteiger partial charge in [-0.05, 0) is 5.92 Å². The van der Waals surface area contributed by atoms with Gasteiger partial charge in [0.1, 0.15) is 13.1 Å². The van der Waals surface area contributed by atoms with E-state index in [1.54, 1.807) is 12.1 Å². The molecule has 54 valence electrons. The number of carbonyl (C=O) groups excluding carboxylic acids is 1. The van der Waals surface area contributed by atoms with E-state index in [0.29, 0.717) is 0 Å². The molecule has 0 heterocycles. The maximum atomic E-state index is 10.7. The molecule has 4 nitrogen and oxygen atoms in total. The first-order valence-electron chi connectivity index (χ1n) is 2.75. The highest BCUT2D eigenvalue weighted by Crippen LogP contribution is 1.85. The average Bonchev–Trinajstić information content (AvgIpc) is 2.03. The minimum atomic E-state index is -0.631. The third-order valence-electron chi connectivity index (χ3n) is 0.934. The Morgan fingerprint density at radius 3 is 2.09 bits per heavy atom. The molecule has 0 atom stereocenters. The summed E-state index contributed by atoms with van der Waals surface area (Å²) >= 11 is 0. The van der Waals surface area contributed by atoms with Crippen molar-refractivity contribution in [2.24, 2.45) is 0 Å². The summed E-state index contributed by atoms with van der Waals surface area (Å²) in [5, 5.41) is 16.4. The van der Waals surface area contributed by atoms with E-state index in [2.05, 4.69) is 0 Å². The minimum Gasteiger partial charge on any atom is -0.305 e. The van der Waals surface area contributed by atoms with Crippen LogP contribution in [-0.2, 0) is 4.79 Å². The molecule has 0 N–H and O–H groups in total. The Labute approximate surface area is 64.6 Å². The molecule has 0 aromatic rings. The van der Waals surface area contributed by atoms with Crippen LogP contribution in [-0.4, -0.2) is 23.9 Å². The third kappa shape index (κ3) is 2.89. The van der Waals surface area contributed by atoms with Crippen LogP contribution >= 0.6 is 0 Å². The predicted molar refractivity (Wildman–Crippen MR) is 36.6 cm³/mol. The Bertz CT molecular complexity index is 247. The van der Waals surface area contributed by atoms with Crippen molar-refractivity contribution in [3.05, 3.63) is 0 Å². The number of nitrogens with zero attached hydrogens (tertiary/aromatic N) is 3. The molecule has 0 saturated carbocycles. The fourth-order valence-corrected chi connectivity index (χ4v) is 0.462. The fourth-order valence-electron chi connectivity index (χ4n) is 0.462.